The smallest absolute Gasteiger partial charge is 0.264 e. The number of carbonyl (C=O) groups excluding carboxylic acids is 1. The van der Waals surface area contributed by atoms with Crippen LogP contribution in [0.1, 0.15) is 5.56 Å². The van der Waals surface area contributed by atoms with Crippen LogP contribution in [0.2, 0.25) is 5.02 Å². The minimum absolute atomic E-state index is 0.0869. The van der Waals surface area contributed by atoms with E-state index in [0.29, 0.717) is 10.8 Å². The van der Waals surface area contributed by atoms with Gasteiger partial charge in [-0.2, -0.15) is 0 Å². The summed E-state index contributed by atoms with van der Waals surface area (Å²) < 4.78 is 52.2. The highest BCUT2D eigenvalue weighted by molar-refractivity contribution is 7.92. The highest BCUT2D eigenvalue weighted by atomic mass is 35.5. The molecule has 1 N–H and O–H groups in total. The molecule has 3 aromatic carbocycles. The van der Waals surface area contributed by atoms with Crippen molar-refractivity contribution in [3.63, 3.8) is 0 Å². The Morgan fingerprint density at radius 3 is 2.30 bits per heavy atom. The zero-order chi connectivity index (χ0) is 24.0. The number of rotatable bonds is 9. The first-order valence-corrected chi connectivity index (χ1v) is 11.6. The van der Waals surface area contributed by atoms with Gasteiger partial charge in [0.1, 0.15) is 12.4 Å². The second-order valence-corrected chi connectivity index (χ2v) is 9.17. The number of amides is 1. The molecule has 3 rings (SSSR count). The van der Waals surface area contributed by atoms with E-state index < -0.39 is 28.3 Å². The van der Waals surface area contributed by atoms with E-state index in [1.165, 1.54) is 68.8 Å². The van der Waals surface area contributed by atoms with Crippen molar-refractivity contribution < 1.29 is 27.1 Å². The van der Waals surface area contributed by atoms with E-state index >= 15 is 0 Å². The lowest BCUT2D eigenvalue weighted by Gasteiger charge is -2.24. The molecule has 0 radical (unpaired) electrons. The van der Waals surface area contributed by atoms with Crippen LogP contribution < -0.4 is 19.1 Å². The molecule has 0 bridgehead atoms. The fourth-order valence-electron chi connectivity index (χ4n) is 3.05. The molecule has 1 amide bonds. The molecular formula is C23H22ClFN2O5S. The predicted octanol–water partition coefficient (Wildman–Crippen LogP) is 4.01. The zero-order valence-corrected chi connectivity index (χ0v) is 19.5. The van der Waals surface area contributed by atoms with Crippen LogP contribution in [0.25, 0.3) is 0 Å². The van der Waals surface area contributed by atoms with Crippen LogP contribution in [-0.2, 0) is 21.4 Å². The zero-order valence-electron chi connectivity index (χ0n) is 17.9. The maximum absolute atomic E-state index is 13.9. The largest absolute Gasteiger partial charge is 0.493 e. The van der Waals surface area contributed by atoms with E-state index in [0.717, 1.165) is 4.31 Å². The van der Waals surface area contributed by atoms with Gasteiger partial charge in [0.05, 0.1) is 24.8 Å². The van der Waals surface area contributed by atoms with Crippen molar-refractivity contribution in [3.8, 4) is 11.5 Å². The summed E-state index contributed by atoms with van der Waals surface area (Å²) in [5.41, 5.74) is 0.516. The molecule has 0 aliphatic carbocycles. The van der Waals surface area contributed by atoms with Gasteiger partial charge in [-0.3, -0.25) is 9.10 Å². The number of anilines is 1. The molecule has 0 saturated carbocycles. The van der Waals surface area contributed by atoms with Gasteiger partial charge in [0, 0.05) is 23.2 Å². The Labute approximate surface area is 196 Å². The third kappa shape index (κ3) is 5.74. The summed E-state index contributed by atoms with van der Waals surface area (Å²) >= 11 is 5.95. The summed E-state index contributed by atoms with van der Waals surface area (Å²) in [6.07, 6.45) is 0. The van der Waals surface area contributed by atoms with Gasteiger partial charge in [-0.15, -0.1) is 0 Å². The molecule has 0 spiro atoms. The summed E-state index contributed by atoms with van der Waals surface area (Å²) in [7, 11) is -1.36. The number of hydrogen-bond donors (Lipinski definition) is 1. The Morgan fingerprint density at radius 1 is 1.00 bits per heavy atom. The number of halogens is 2. The van der Waals surface area contributed by atoms with E-state index in [-0.39, 0.29) is 28.4 Å². The number of carbonyl (C=O) groups is 1. The SMILES string of the molecule is COc1ccc(S(=O)(=O)N(CC(=O)NCc2ccccc2F)c2ccc(Cl)cc2)cc1OC. The molecule has 0 atom stereocenters. The van der Waals surface area contributed by atoms with Crippen molar-refractivity contribution >= 4 is 33.2 Å². The molecule has 0 heterocycles. The van der Waals surface area contributed by atoms with Crippen LogP contribution in [0.15, 0.2) is 71.6 Å². The van der Waals surface area contributed by atoms with Gasteiger partial charge in [0.25, 0.3) is 10.0 Å². The molecule has 7 nitrogen and oxygen atoms in total. The number of benzene rings is 3. The summed E-state index contributed by atoms with van der Waals surface area (Å²) in [4.78, 5) is 12.6. The number of sulfonamides is 1. The van der Waals surface area contributed by atoms with Gasteiger partial charge >= 0.3 is 0 Å². The number of ether oxygens (including phenoxy) is 2. The first-order chi connectivity index (χ1) is 15.8. The number of nitrogens with one attached hydrogen (secondary N) is 1. The number of nitrogens with zero attached hydrogens (tertiary/aromatic N) is 1. The van der Waals surface area contributed by atoms with Gasteiger partial charge in [-0.25, -0.2) is 12.8 Å². The van der Waals surface area contributed by atoms with Crippen molar-refractivity contribution in [1.29, 1.82) is 0 Å². The molecule has 33 heavy (non-hydrogen) atoms. The first-order valence-electron chi connectivity index (χ1n) is 9.76. The second-order valence-electron chi connectivity index (χ2n) is 6.87. The quantitative estimate of drug-likeness (QED) is 0.488. The monoisotopic (exact) mass is 492 g/mol. The van der Waals surface area contributed by atoms with Gasteiger partial charge in [-0.1, -0.05) is 29.8 Å². The third-order valence-electron chi connectivity index (χ3n) is 4.78. The highest BCUT2D eigenvalue weighted by Gasteiger charge is 2.28. The van der Waals surface area contributed by atoms with Crippen LogP contribution in [0.3, 0.4) is 0 Å². The van der Waals surface area contributed by atoms with Gasteiger partial charge in [0.15, 0.2) is 11.5 Å². The van der Waals surface area contributed by atoms with Crippen LogP contribution >= 0.6 is 11.6 Å². The summed E-state index contributed by atoms with van der Waals surface area (Å²) in [6.45, 7) is -0.622. The minimum Gasteiger partial charge on any atom is -0.493 e. The lowest BCUT2D eigenvalue weighted by molar-refractivity contribution is -0.119. The Hall–Kier alpha value is -3.30. The average molecular weight is 493 g/mol. The van der Waals surface area contributed by atoms with Crippen LogP contribution in [0, 0.1) is 5.82 Å². The predicted molar refractivity (Wildman–Crippen MR) is 124 cm³/mol. The molecule has 10 heteroatoms. The Balaban J connectivity index is 1.92. The number of hydrogen-bond acceptors (Lipinski definition) is 5. The van der Waals surface area contributed by atoms with Crippen molar-refractivity contribution in [2.24, 2.45) is 0 Å². The Morgan fingerprint density at radius 2 is 1.67 bits per heavy atom. The third-order valence-corrected chi connectivity index (χ3v) is 6.80. The van der Waals surface area contributed by atoms with E-state index in [1.807, 2.05) is 0 Å². The molecule has 0 saturated heterocycles. The summed E-state index contributed by atoms with van der Waals surface area (Å²) in [5, 5.41) is 2.97. The fourth-order valence-corrected chi connectivity index (χ4v) is 4.61. The van der Waals surface area contributed by atoms with Gasteiger partial charge in [0.2, 0.25) is 5.91 Å². The van der Waals surface area contributed by atoms with E-state index in [2.05, 4.69) is 5.32 Å². The Bertz CT molecular complexity index is 1240. The molecular weight excluding hydrogens is 471 g/mol. The average Bonchev–Trinajstić information content (AvgIpc) is 2.82. The molecule has 3 aromatic rings. The molecule has 0 aliphatic rings. The minimum atomic E-state index is -4.19. The molecule has 0 aromatic heterocycles. The maximum Gasteiger partial charge on any atom is 0.264 e. The second kappa shape index (κ2) is 10.5. The van der Waals surface area contributed by atoms with Gasteiger partial charge in [-0.05, 0) is 42.5 Å². The van der Waals surface area contributed by atoms with Gasteiger partial charge < -0.3 is 14.8 Å². The molecule has 0 unspecified atom stereocenters. The standard InChI is InChI=1S/C23H22ClFN2O5S/c1-31-21-12-11-19(13-22(21)32-2)33(29,30)27(18-9-7-17(24)8-10-18)15-23(28)26-14-16-5-3-4-6-20(16)25/h3-13H,14-15H2,1-2H3,(H,26,28). The van der Waals surface area contributed by atoms with Crippen molar-refractivity contribution in [3.05, 3.63) is 83.1 Å². The lowest BCUT2D eigenvalue weighted by atomic mass is 10.2. The lowest BCUT2D eigenvalue weighted by Crippen LogP contribution is -2.40. The molecule has 0 aliphatic heterocycles. The highest BCUT2D eigenvalue weighted by Crippen LogP contribution is 2.32. The van der Waals surface area contributed by atoms with E-state index in [9.17, 15) is 17.6 Å². The first kappa shape index (κ1) is 24.3. The van der Waals surface area contributed by atoms with E-state index in [4.69, 9.17) is 21.1 Å². The van der Waals surface area contributed by atoms with Crippen molar-refractivity contribution in [1.82, 2.24) is 5.32 Å². The van der Waals surface area contributed by atoms with Crippen LogP contribution in [-0.4, -0.2) is 35.1 Å². The summed E-state index contributed by atoms with van der Waals surface area (Å²) in [6, 6.07) is 16.2. The Kier molecular flexibility index (Phi) is 7.78. The van der Waals surface area contributed by atoms with E-state index in [1.54, 1.807) is 12.1 Å². The van der Waals surface area contributed by atoms with Crippen molar-refractivity contribution in [2.45, 2.75) is 11.4 Å². The van der Waals surface area contributed by atoms with Crippen molar-refractivity contribution in [2.75, 3.05) is 25.1 Å². The molecule has 0 fully saturated rings. The maximum atomic E-state index is 13.9. The molecule has 174 valence electrons. The summed E-state index contributed by atoms with van der Waals surface area (Å²) in [5.74, 6) is -0.502. The normalized spacial score (nSPS) is 11.0. The number of methoxy groups -OCH3 is 2. The topological polar surface area (TPSA) is 84.9 Å². The fraction of sp³-hybridized carbons (Fsp3) is 0.174. The van der Waals surface area contributed by atoms with Crippen LogP contribution in [0.4, 0.5) is 10.1 Å². The van der Waals surface area contributed by atoms with Crippen LogP contribution in [0.5, 0.6) is 11.5 Å².